The number of Topliss-reactive ketones (excluding diaryl/α,β-unsaturated/α-hetero) is 1. The molecule has 0 saturated carbocycles. The van der Waals surface area contributed by atoms with E-state index in [0.29, 0.717) is 11.0 Å². The van der Waals surface area contributed by atoms with Crippen molar-refractivity contribution in [3.63, 3.8) is 0 Å². The number of rotatable bonds is 7. The minimum atomic E-state index is 0.332. The van der Waals surface area contributed by atoms with Gasteiger partial charge in [-0.3, -0.25) is 4.79 Å². The van der Waals surface area contributed by atoms with Crippen molar-refractivity contribution in [2.24, 2.45) is 0 Å². The fraction of sp³-hybridized carbons (Fsp3) is 0.769. The van der Waals surface area contributed by atoms with E-state index in [0.717, 1.165) is 25.7 Å². The second-order valence-corrected chi connectivity index (χ2v) is 5.52. The third-order valence-corrected chi connectivity index (χ3v) is 4.30. The summed E-state index contributed by atoms with van der Waals surface area (Å²) in [5.74, 6) is 1.69. The molecule has 0 spiro atoms. The SMILES string of the molecule is C=CCCCCCC(=O)C1CCCCS1. The number of ketones is 1. The molecule has 1 aliphatic rings. The summed E-state index contributed by atoms with van der Waals surface area (Å²) in [6.07, 6.45) is 11.0. The van der Waals surface area contributed by atoms with Crippen molar-refractivity contribution >= 4 is 17.5 Å². The van der Waals surface area contributed by atoms with Crippen LogP contribution in [0.3, 0.4) is 0 Å². The lowest BCUT2D eigenvalue weighted by Gasteiger charge is -2.19. The summed E-state index contributed by atoms with van der Waals surface area (Å²) < 4.78 is 0. The molecule has 1 nitrogen and oxygen atoms in total. The average Bonchev–Trinajstić information content (AvgIpc) is 2.30. The van der Waals surface area contributed by atoms with Crippen LogP contribution in [0.2, 0.25) is 0 Å². The normalized spacial score (nSPS) is 21.2. The highest BCUT2D eigenvalue weighted by atomic mass is 32.2. The van der Waals surface area contributed by atoms with E-state index >= 15 is 0 Å². The standard InChI is InChI=1S/C13H22OS/c1-2-3-4-5-6-9-12(14)13-10-7-8-11-15-13/h2,13H,1,3-11H2. The van der Waals surface area contributed by atoms with Crippen LogP contribution < -0.4 is 0 Å². The number of allylic oxidation sites excluding steroid dienone is 1. The van der Waals surface area contributed by atoms with Gasteiger partial charge < -0.3 is 0 Å². The highest BCUT2D eigenvalue weighted by molar-refractivity contribution is 8.00. The minimum absolute atomic E-state index is 0.332. The first kappa shape index (κ1) is 12.8. The van der Waals surface area contributed by atoms with E-state index in [1.165, 1.54) is 31.4 Å². The molecule has 0 N–H and O–H groups in total. The number of unbranched alkanes of at least 4 members (excludes halogenated alkanes) is 3. The Morgan fingerprint density at radius 3 is 2.87 bits per heavy atom. The molecule has 1 unspecified atom stereocenters. The van der Waals surface area contributed by atoms with E-state index in [2.05, 4.69) is 6.58 Å². The van der Waals surface area contributed by atoms with Crippen LogP contribution in [0.25, 0.3) is 0 Å². The fourth-order valence-corrected chi connectivity index (χ4v) is 3.21. The van der Waals surface area contributed by atoms with Crippen LogP contribution in [0.1, 0.15) is 51.4 Å². The molecular weight excluding hydrogens is 204 g/mol. The van der Waals surface area contributed by atoms with Crippen LogP contribution >= 0.6 is 11.8 Å². The topological polar surface area (TPSA) is 17.1 Å². The maximum Gasteiger partial charge on any atom is 0.145 e. The summed E-state index contributed by atoms with van der Waals surface area (Å²) in [6.45, 7) is 3.70. The van der Waals surface area contributed by atoms with Gasteiger partial charge in [0, 0.05) is 6.42 Å². The highest BCUT2D eigenvalue weighted by Gasteiger charge is 2.20. The van der Waals surface area contributed by atoms with Gasteiger partial charge >= 0.3 is 0 Å². The van der Waals surface area contributed by atoms with E-state index < -0.39 is 0 Å². The van der Waals surface area contributed by atoms with Crippen LogP contribution in [-0.4, -0.2) is 16.8 Å². The Bertz CT molecular complexity index is 195. The number of carbonyl (C=O) groups excluding carboxylic acids is 1. The summed E-state index contributed by atoms with van der Waals surface area (Å²) >= 11 is 1.87. The van der Waals surface area contributed by atoms with E-state index in [1.54, 1.807) is 0 Å². The fourth-order valence-electron chi connectivity index (χ4n) is 1.92. The van der Waals surface area contributed by atoms with Crippen LogP contribution in [-0.2, 0) is 4.79 Å². The predicted molar refractivity (Wildman–Crippen MR) is 68.4 cm³/mol. The second-order valence-electron chi connectivity index (χ2n) is 4.21. The molecule has 0 radical (unpaired) electrons. The quantitative estimate of drug-likeness (QED) is 0.482. The first-order chi connectivity index (χ1) is 7.34. The summed E-state index contributed by atoms with van der Waals surface area (Å²) in [5.41, 5.74) is 0. The third kappa shape index (κ3) is 5.41. The van der Waals surface area contributed by atoms with Crippen molar-refractivity contribution in [3.05, 3.63) is 12.7 Å². The van der Waals surface area contributed by atoms with Crippen molar-refractivity contribution in [2.45, 2.75) is 56.6 Å². The number of thioether (sulfide) groups is 1. The molecular formula is C13H22OS. The van der Waals surface area contributed by atoms with Crippen molar-refractivity contribution in [2.75, 3.05) is 5.75 Å². The van der Waals surface area contributed by atoms with Crippen LogP contribution in [0, 0.1) is 0 Å². The van der Waals surface area contributed by atoms with Gasteiger partial charge in [-0.15, -0.1) is 6.58 Å². The Morgan fingerprint density at radius 1 is 1.33 bits per heavy atom. The first-order valence-corrected chi connectivity index (χ1v) is 7.14. The molecule has 1 rings (SSSR count). The van der Waals surface area contributed by atoms with Gasteiger partial charge in [-0.05, 0) is 37.9 Å². The zero-order valence-electron chi connectivity index (χ0n) is 9.54. The largest absolute Gasteiger partial charge is 0.298 e. The Labute approximate surface area is 97.7 Å². The lowest BCUT2D eigenvalue weighted by atomic mass is 10.0. The van der Waals surface area contributed by atoms with Crippen LogP contribution in [0.4, 0.5) is 0 Å². The van der Waals surface area contributed by atoms with Gasteiger partial charge in [0.15, 0.2) is 0 Å². The number of hydrogen-bond donors (Lipinski definition) is 0. The maximum atomic E-state index is 11.8. The molecule has 0 aromatic heterocycles. The lowest BCUT2D eigenvalue weighted by molar-refractivity contribution is -0.118. The Morgan fingerprint density at radius 2 is 2.20 bits per heavy atom. The Kier molecular flexibility index (Phi) is 6.82. The average molecular weight is 226 g/mol. The predicted octanol–water partition coefficient (Wildman–Crippen LogP) is 3.98. The van der Waals surface area contributed by atoms with E-state index in [1.807, 2.05) is 17.8 Å². The zero-order chi connectivity index (χ0) is 10.9. The van der Waals surface area contributed by atoms with Gasteiger partial charge in [-0.2, -0.15) is 11.8 Å². The van der Waals surface area contributed by atoms with Crippen molar-refractivity contribution < 1.29 is 4.79 Å². The van der Waals surface area contributed by atoms with Gasteiger partial charge in [0.2, 0.25) is 0 Å². The molecule has 0 aromatic carbocycles. The maximum absolute atomic E-state index is 11.8. The van der Waals surface area contributed by atoms with Gasteiger partial charge in [-0.25, -0.2) is 0 Å². The van der Waals surface area contributed by atoms with Gasteiger partial charge in [-0.1, -0.05) is 18.9 Å². The van der Waals surface area contributed by atoms with Gasteiger partial charge in [0.1, 0.15) is 5.78 Å². The monoisotopic (exact) mass is 226 g/mol. The van der Waals surface area contributed by atoms with E-state index in [9.17, 15) is 4.79 Å². The lowest BCUT2D eigenvalue weighted by Crippen LogP contribution is -2.20. The molecule has 1 fully saturated rings. The number of hydrogen-bond acceptors (Lipinski definition) is 2. The van der Waals surface area contributed by atoms with Crippen molar-refractivity contribution in [1.29, 1.82) is 0 Å². The molecule has 15 heavy (non-hydrogen) atoms. The molecule has 0 amide bonds. The van der Waals surface area contributed by atoms with Crippen molar-refractivity contribution in [1.82, 2.24) is 0 Å². The number of carbonyl (C=O) groups is 1. The summed E-state index contributed by atoms with van der Waals surface area (Å²) in [5, 5.41) is 0.332. The summed E-state index contributed by atoms with van der Waals surface area (Å²) in [7, 11) is 0. The second kappa shape index (κ2) is 7.98. The van der Waals surface area contributed by atoms with Gasteiger partial charge in [0.05, 0.1) is 5.25 Å². The molecule has 1 aliphatic heterocycles. The van der Waals surface area contributed by atoms with Crippen LogP contribution in [0.15, 0.2) is 12.7 Å². The molecule has 2 heteroatoms. The Balaban J connectivity index is 2.04. The van der Waals surface area contributed by atoms with Crippen LogP contribution in [0.5, 0.6) is 0 Å². The van der Waals surface area contributed by atoms with Crippen molar-refractivity contribution in [3.8, 4) is 0 Å². The van der Waals surface area contributed by atoms with E-state index in [4.69, 9.17) is 0 Å². The molecule has 0 bridgehead atoms. The van der Waals surface area contributed by atoms with E-state index in [-0.39, 0.29) is 0 Å². The zero-order valence-corrected chi connectivity index (χ0v) is 10.4. The molecule has 1 saturated heterocycles. The molecule has 0 aromatic rings. The smallest absolute Gasteiger partial charge is 0.145 e. The highest BCUT2D eigenvalue weighted by Crippen LogP contribution is 2.27. The Hall–Kier alpha value is -0.240. The summed E-state index contributed by atoms with van der Waals surface area (Å²) in [6, 6.07) is 0. The molecule has 0 aliphatic carbocycles. The third-order valence-electron chi connectivity index (χ3n) is 2.87. The summed E-state index contributed by atoms with van der Waals surface area (Å²) in [4.78, 5) is 11.8. The van der Waals surface area contributed by atoms with Gasteiger partial charge in [0.25, 0.3) is 0 Å². The minimum Gasteiger partial charge on any atom is -0.298 e. The molecule has 1 heterocycles. The molecule has 1 atom stereocenters. The molecule has 86 valence electrons. The first-order valence-electron chi connectivity index (χ1n) is 6.10.